The van der Waals surface area contributed by atoms with Crippen molar-refractivity contribution in [1.82, 2.24) is 15.4 Å². The molecule has 0 spiro atoms. The van der Waals surface area contributed by atoms with Crippen molar-refractivity contribution >= 4 is 28.9 Å². The Morgan fingerprint density at radius 3 is 2.60 bits per heavy atom. The van der Waals surface area contributed by atoms with Gasteiger partial charge in [-0.05, 0) is 56.4 Å². The third-order valence-corrected chi connectivity index (χ3v) is 7.98. The number of hydrogen-bond donors (Lipinski definition) is 1. The van der Waals surface area contributed by atoms with Crippen LogP contribution < -0.4 is 5.32 Å². The van der Waals surface area contributed by atoms with Crippen LogP contribution in [-0.2, 0) is 9.59 Å². The molecule has 0 saturated carbocycles. The topological polar surface area (TPSA) is 105 Å². The number of likely N-dealkylation sites (tertiary alicyclic amines) is 1. The molecular weight excluding hydrogens is 535 g/mol. The number of aliphatic imine (C=N–C) groups is 1. The first kappa shape index (κ1) is 29.1. The highest BCUT2D eigenvalue weighted by molar-refractivity contribution is 6.04. The lowest BCUT2D eigenvalue weighted by Crippen LogP contribution is -2.43. The van der Waals surface area contributed by atoms with Crippen LogP contribution in [0.1, 0.15) is 78.0 Å². The number of aromatic nitrogens is 1. The van der Waals surface area contributed by atoms with Gasteiger partial charge in [0.15, 0.2) is 5.78 Å². The molecule has 2 aromatic carbocycles. The maximum absolute atomic E-state index is 14.6. The van der Waals surface area contributed by atoms with Gasteiger partial charge in [-0.3, -0.25) is 19.4 Å². The van der Waals surface area contributed by atoms with Crippen LogP contribution in [0.4, 0.5) is 4.39 Å². The molecule has 1 N–H and O–H groups in total. The number of nitrogens with zero attached hydrogens (tertiary/aromatic N) is 3. The summed E-state index contributed by atoms with van der Waals surface area (Å²) in [6, 6.07) is 15.9. The number of carbonyl (C=O) groups is 3. The van der Waals surface area contributed by atoms with E-state index >= 15 is 0 Å². The van der Waals surface area contributed by atoms with Gasteiger partial charge in [0.25, 0.3) is 0 Å². The first-order valence-corrected chi connectivity index (χ1v) is 14.3. The molecule has 8 nitrogen and oxygen atoms in total. The molecule has 1 aromatic heterocycles. The SMILES string of the molecule is Cc1ccc(C2=CN=C(C(C)NC(=O)[C@@H](CC(=O)c3cc(C)on3)CC(=O)N3CCC[C@@H]3c3ccccc3)C2)c(F)c1. The first-order chi connectivity index (χ1) is 20.2. The molecule has 1 saturated heterocycles. The average Bonchev–Trinajstić information content (AvgIpc) is 3.74. The first-order valence-electron chi connectivity index (χ1n) is 14.3. The van der Waals surface area contributed by atoms with Gasteiger partial charge in [-0.2, -0.15) is 0 Å². The molecule has 1 unspecified atom stereocenters. The van der Waals surface area contributed by atoms with E-state index in [0.717, 1.165) is 29.5 Å². The lowest BCUT2D eigenvalue weighted by molar-refractivity contribution is -0.137. The van der Waals surface area contributed by atoms with Gasteiger partial charge in [-0.25, -0.2) is 4.39 Å². The van der Waals surface area contributed by atoms with Gasteiger partial charge in [0.2, 0.25) is 11.8 Å². The summed E-state index contributed by atoms with van der Waals surface area (Å²) in [4.78, 5) is 46.6. The van der Waals surface area contributed by atoms with E-state index in [-0.39, 0.29) is 42.1 Å². The summed E-state index contributed by atoms with van der Waals surface area (Å²) in [5, 5.41) is 6.76. The van der Waals surface area contributed by atoms with Crippen molar-refractivity contribution in [3.8, 4) is 0 Å². The van der Waals surface area contributed by atoms with Crippen molar-refractivity contribution in [2.45, 2.75) is 65.0 Å². The van der Waals surface area contributed by atoms with E-state index in [4.69, 9.17) is 4.52 Å². The molecule has 5 rings (SSSR count). The van der Waals surface area contributed by atoms with Crippen LogP contribution in [0.15, 0.2) is 70.3 Å². The molecule has 9 heteroatoms. The quantitative estimate of drug-likeness (QED) is 0.312. The van der Waals surface area contributed by atoms with E-state index in [0.29, 0.717) is 30.0 Å². The lowest BCUT2D eigenvalue weighted by atomic mass is 9.94. The van der Waals surface area contributed by atoms with Gasteiger partial charge < -0.3 is 14.7 Å². The summed E-state index contributed by atoms with van der Waals surface area (Å²) < 4.78 is 19.6. The van der Waals surface area contributed by atoms with Crippen molar-refractivity contribution in [2.75, 3.05) is 6.54 Å². The molecule has 0 radical (unpaired) electrons. The summed E-state index contributed by atoms with van der Waals surface area (Å²) >= 11 is 0. The molecule has 0 bridgehead atoms. The monoisotopic (exact) mass is 570 g/mol. The number of nitrogens with one attached hydrogen (secondary N) is 1. The molecule has 1 fully saturated rings. The fourth-order valence-electron chi connectivity index (χ4n) is 5.67. The largest absolute Gasteiger partial charge is 0.361 e. The van der Waals surface area contributed by atoms with Gasteiger partial charge in [0.05, 0.1) is 18.0 Å². The molecule has 0 aliphatic carbocycles. The number of aryl methyl sites for hydroxylation is 2. The molecule has 42 heavy (non-hydrogen) atoms. The number of halogens is 1. The van der Waals surface area contributed by atoms with E-state index in [1.165, 1.54) is 12.1 Å². The number of hydrogen-bond acceptors (Lipinski definition) is 6. The number of carbonyl (C=O) groups excluding carboxylic acids is 3. The van der Waals surface area contributed by atoms with Gasteiger partial charge in [-0.15, -0.1) is 0 Å². The minimum absolute atomic E-state index is 0.0604. The zero-order valence-corrected chi connectivity index (χ0v) is 24.1. The Morgan fingerprint density at radius 1 is 1.10 bits per heavy atom. The third kappa shape index (κ3) is 6.56. The number of benzene rings is 2. The second-order valence-electron chi connectivity index (χ2n) is 11.2. The summed E-state index contributed by atoms with van der Waals surface area (Å²) in [6.45, 7) is 5.91. The minimum Gasteiger partial charge on any atom is -0.361 e. The Labute approximate surface area is 244 Å². The maximum atomic E-state index is 14.6. The maximum Gasteiger partial charge on any atom is 0.224 e. The van der Waals surface area contributed by atoms with Gasteiger partial charge in [0.1, 0.15) is 17.3 Å². The minimum atomic E-state index is -0.912. The van der Waals surface area contributed by atoms with E-state index < -0.39 is 17.9 Å². The Bertz CT molecular complexity index is 1540. The summed E-state index contributed by atoms with van der Waals surface area (Å²) in [5.41, 5.74) is 3.89. The Kier molecular flexibility index (Phi) is 8.75. The Hall–Kier alpha value is -4.40. The van der Waals surface area contributed by atoms with Crippen LogP contribution >= 0.6 is 0 Å². The smallest absolute Gasteiger partial charge is 0.224 e. The molecule has 3 aromatic rings. The highest BCUT2D eigenvalue weighted by Gasteiger charge is 2.34. The van der Waals surface area contributed by atoms with Crippen LogP contribution in [0.3, 0.4) is 0 Å². The van der Waals surface area contributed by atoms with Crippen LogP contribution in [0.2, 0.25) is 0 Å². The normalized spacial score (nSPS) is 17.9. The number of amides is 2. The van der Waals surface area contributed by atoms with Crippen molar-refractivity contribution in [3.63, 3.8) is 0 Å². The number of rotatable bonds is 10. The van der Waals surface area contributed by atoms with Crippen molar-refractivity contribution < 1.29 is 23.3 Å². The summed E-state index contributed by atoms with van der Waals surface area (Å²) in [5.74, 6) is -1.70. The Balaban J connectivity index is 1.28. The van der Waals surface area contributed by atoms with Crippen LogP contribution in [0.25, 0.3) is 5.57 Å². The zero-order valence-electron chi connectivity index (χ0n) is 24.1. The summed E-state index contributed by atoms with van der Waals surface area (Å²) in [7, 11) is 0. The molecular formula is C33H35FN4O4. The highest BCUT2D eigenvalue weighted by Crippen LogP contribution is 2.33. The van der Waals surface area contributed by atoms with E-state index in [1.54, 1.807) is 26.1 Å². The molecule has 3 heterocycles. The predicted molar refractivity (Wildman–Crippen MR) is 157 cm³/mol. The summed E-state index contributed by atoms with van der Waals surface area (Å²) in [6.07, 6.45) is 3.42. The van der Waals surface area contributed by atoms with Gasteiger partial charge >= 0.3 is 0 Å². The second-order valence-corrected chi connectivity index (χ2v) is 11.2. The van der Waals surface area contributed by atoms with E-state index in [1.807, 2.05) is 48.2 Å². The van der Waals surface area contributed by atoms with Crippen LogP contribution in [0, 0.1) is 25.6 Å². The number of allylic oxidation sites excluding steroid dienone is 1. The fourth-order valence-corrected chi connectivity index (χ4v) is 5.67. The molecule has 3 atom stereocenters. The fraction of sp³-hybridized carbons (Fsp3) is 0.364. The zero-order chi connectivity index (χ0) is 29.8. The van der Waals surface area contributed by atoms with Crippen LogP contribution in [-0.4, -0.2) is 46.0 Å². The predicted octanol–water partition coefficient (Wildman–Crippen LogP) is 5.76. The van der Waals surface area contributed by atoms with Crippen molar-refractivity contribution in [2.24, 2.45) is 10.9 Å². The molecule has 2 amide bonds. The van der Waals surface area contributed by atoms with E-state index in [9.17, 15) is 18.8 Å². The number of ketones is 1. The molecule has 218 valence electrons. The average molecular weight is 571 g/mol. The van der Waals surface area contributed by atoms with E-state index in [2.05, 4.69) is 15.5 Å². The van der Waals surface area contributed by atoms with Gasteiger partial charge in [0, 0.05) is 49.3 Å². The van der Waals surface area contributed by atoms with Crippen molar-refractivity contribution in [1.29, 1.82) is 0 Å². The van der Waals surface area contributed by atoms with Crippen LogP contribution in [0.5, 0.6) is 0 Å². The van der Waals surface area contributed by atoms with Crippen molar-refractivity contribution in [3.05, 3.63) is 94.8 Å². The second kappa shape index (κ2) is 12.6. The molecule has 2 aliphatic rings. The number of Topliss-reactive ketones (excluding diaryl/α,β-unsaturated/α-hetero) is 1. The third-order valence-electron chi connectivity index (χ3n) is 7.98. The highest BCUT2D eigenvalue weighted by atomic mass is 19.1. The standard InChI is InChI=1S/C33H35FN4O4/c1-20-11-12-26(27(34)14-20)25-16-28(35-19-25)22(3)36-33(41)24(17-31(39)29-15-21(2)42-37-29)18-32(40)38-13-7-10-30(38)23-8-5-4-6-9-23/h4-6,8-9,11-12,14-15,19,22,24,30H,7,10,13,16-18H2,1-3H3,(H,36,41)/t22?,24-,30+/m0/s1. The lowest BCUT2D eigenvalue weighted by Gasteiger charge is -2.27. The molecule has 2 aliphatic heterocycles. The van der Waals surface area contributed by atoms with Gasteiger partial charge in [-0.1, -0.05) is 47.6 Å². The Morgan fingerprint density at radius 2 is 1.88 bits per heavy atom.